The highest BCUT2D eigenvalue weighted by molar-refractivity contribution is 5.19. The molecule has 3 rings (SSSR count). The van der Waals surface area contributed by atoms with Crippen LogP contribution in [-0.4, -0.2) is 33.9 Å². The maximum Gasteiger partial charge on any atom is 0.127 e. The molecule has 2 heterocycles. The molecule has 1 fully saturated rings. The molecule has 0 spiro atoms. The van der Waals surface area contributed by atoms with E-state index in [9.17, 15) is 4.39 Å². The van der Waals surface area contributed by atoms with Crippen molar-refractivity contribution in [2.75, 3.05) is 13.2 Å². The van der Waals surface area contributed by atoms with Crippen molar-refractivity contribution in [1.82, 2.24) is 14.7 Å². The number of aromatic nitrogens is 2. The Bertz CT molecular complexity index is 649. The summed E-state index contributed by atoms with van der Waals surface area (Å²) in [5, 5.41) is 4.31. The lowest BCUT2D eigenvalue weighted by Gasteiger charge is -2.25. The van der Waals surface area contributed by atoms with Gasteiger partial charge >= 0.3 is 0 Å². The quantitative estimate of drug-likeness (QED) is 0.820. The van der Waals surface area contributed by atoms with E-state index in [-0.39, 0.29) is 11.9 Å². The summed E-state index contributed by atoms with van der Waals surface area (Å²) in [4.78, 5) is 2.26. The van der Waals surface area contributed by atoms with Gasteiger partial charge in [0.25, 0.3) is 0 Å². The first-order valence-corrected chi connectivity index (χ1v) is 8.18. The van der Waals surface area contributed by atoms with Crippen molar-refractivity contribution in [2.24, 2.45) is 7.05 Å². The molecule has 1 saturated heterocycles. The second-order valence-electron chi connectivity index (χ2n) is 6.27. The zero-order chi connectivity index (χ0) is 16.2. The summed E-state index contributed by atoms with van der Waals surface area (Å²) in [6.07, 6.45) is 4.35. The molecule has 1 aliphatic heterocycles. The Hall–Kier alpha value is -1.72. The molecule has 1 atom stereocenters. The van der Waals surface area contributed by atoms with Gasteiger partial charge < -0.3 is 4.74 Å². The molecule has 0 aliphatic carbocycles. The Balaban J connectivity index is 1.75. The normalized spacial score (nSPS) is 18.0. The summed E-state index contributed by atoms with van der Waals surface area (Å²) in [5.41, 5.74) is 3.06. The number of ether oxygens (including phenoxy) is 1. The molecule has 0 amide bonds. The van der Waals surface area contributed by atoms with E-state index in [1.54, 1.807) is 6.07 Å². The van der Waals surface area contributed by atoms with Crippen molar-refractivity contribution in [1.29, 1.82) is 0 Å². The second-order valence-corrected chi connectivity index (χ2v) is 6.27. The van der Waals surface area contributed by atoms with E-state index < -0.39 is 0 Å². The van der Waals surface area contributed by atoms with E-state index in [0.29, 0.717) is 6.54 Å². The highest BCUT2D eigenvalue weighted by atomic mass is 19.1. The molecule has 0 N–H and O–H groups in total. The molecule has 0 saturated carbocycles. The average molecular weight is 317 g/mol. The number of rotatable bonds is 6. The summed E-state index contributed by atoms with van der Waals surface area (Å²) < 4.78 is 21.7. The molecule has 1 aromatic carbocycles. The highest BCUT2D eigenvalue weighted by Gasteiger charge is 2.21. The minimum atomic E-state index is -0.146. The second kappa shape index (κ2) is 7.23. The molecule has 4 nitrogen and oxygen atoms in total. The van der Waals surface area contributed by atoms with Gasteiger partial charge in [-0.25, -0.2) is 4.39 Å². The van der Waals surface area contributed by atoms with E-state index in [4.69, 9.17) is 4.74 Å². The van der Waals surface area contributed by atoms with Crippen LogP contribution in [0.15, 0.2) is 30.5 Å². The number of halogens is 1. The minimum absolute atomic E-state index is 0.146. The van der Waals surface area contributed by atoms with Crippen LogP contribution in [-0.2, 0) is 24.9 Å². The SMILES string of the molecule is Cc1c(CN(Cc2ccccc2F)CC2CCCO2)cnn1C. The predicted molar refractivity (Wildman–Crippen MR) is 87.4 cm³/mol. The van der Waals surface area contributed by atoms with E-state index >= 15 is 0 Å². The van der Waals surface area contributed by atoms with E-state index in [2.05, 4.69) is 16.9 Å². The predicted octanol–water partition coefficient (Wildman–Crippen LogP) is 3.05. The molecule has 1 aliphatic rings. The van der Waals surface area contributed by atoms with Crippen LogP contribution in [0.3, 0.4) is 0 Å². The average Bonchev–Trinajstić information content (AvgIpc) is 3.15. The van der Waals surface area contributed by atoms with Crippen LogP contribution in [0.5, 0.6) is 0 Å². The first-order valence-electron chi connectivity index (χ1n) is 8.18. The Morgan fingerprint density at radius 3 is 2.74 bits per heavy atom. The Morgan fingerprint density at radius 2 is 2.09 bits per heavy atom. The van der Waals surface area contributed by atoms with Gasteiger partial charge in [-0.15, -0.1) is 0 Å². The zero-order valence-electron chi connectivity index (χ0n) is 13.8. The van der Waals surface area contributed by atoms with Crippen LogP contribution in [0.1, 0.15) is 29.7 Å². The lowest BCUT2D eigenvalue weighted by molar-refractivity contribution is 0.0674. The van der Waals surface area contributed by atoms with Gasteiger partial charge in [-0.05, 0) is 25.8 Å². The minimum Gasteiger partial charge on any atom is -0.377 e. The molecule has 0 bridgehead atoms. The van der Waals surface area contributed by atoms with Gasteiger partial charge in [0.05, 0.1) is 12.3 Å². The van der Waals surface area contributed by atoms with Gasteiger partial charge in [-0.3, -0.25) is 9.58 Å². The Kier molecular flexibility index (Phi) is 5.08. The largest absolute Gasteiger partial charge is 0.377 e. The van der Waals surface area contributed by atoms with Gasteiger partial charge in [-0.1, -0.05) is 18.2 Å². The summed E-state index contributed by atoms with van der Waals surface area (Å²) >= 11 is 0. The van der Waals surface area contributed by atoms with Crippen LogP contribution in [0, 0.1) is 12.7 Å². The van der Waals surface area contributed by atoms with Crippen molar-refractivity contribution in [2.45, 2.75) is 39.0 Å². The number of benzene rings is 1. The fraction of sp³-hybridized carbons (Fsp3) is 0.500. The topological polar surface area (TPSA) is 30.3 Å². The maximum atomic E-state index is 14.0. The van der Waals surface area contributed by atoms with Gasteiger partial charge in [0.15, 0.2) is 0 Å². The summed E-state index contributed by atoms with van der Waals surface area (Å²) in [6, 6.07) is 7.00. The highest BCUT2D eigenvalue weighted by Crippen LogP contribution is 2.19. The van der Waals surface area contributed by atoms with Gasteiger partial charge in [0.1, 0.15) is 5.82 Å². The standard InChI is InChI=1S/C18H24FN3O/c1-14-16(10-20-21(14)2)12-22(13-17-7-5-9-23-17)11-15-6-3-4-8-18(15)19/h3-4,6,8,10,17H,5,7,9,11-13H2,1-2H3. The van der Waals surface area contributed by atoms with Crippen LogP contribution in [0.2, 0.25) is 0 Å². The monoisotopic (exact) mass is 317 g/mol. The summed E-state index contributed by atoms with van der Waals surface area (Å²) in [6.45, 7) is 5.07. The van der Waals surface area contributed by atoms with Crippen molar-refractivity contribution in [3.8, 4) is 0 Å². The van der Waals surface area contributed by atoms with E-state index in [1.807, 2.05) is 30.1 Å². The Morgan fingerprint density at radius 1 is 1.30 bits per heavy atom. The van der Waals surface area contributed by atoms with Gasteiger partial charge in [0, 0.05) is 50.1 Å². The molecule has 1 aromatic heterocycles. The van der Waals surface area contributed by atoms with Crippen LogP contribution < -0.4 is 0 Å². The third kappa shape index (κ3) is 3.98. The van der Waals surface area contributed by atoms with E-state index in [1.165, 1.54) is 11.6 Å². The molecule has 23 heavy (non-hydrogen) atoms. The molecule has 2 aromatic rings. The maximum absolute atomic E-state index is 14.0. The third-order valence-corrected chi connectivity index (χ3v) is 4.57. The van der Waals surface area contributed by atoms with Crippen LogP contribution >= 0.6 is 0 Å². The molecule has 124 valence electrons. The molecule has 1 unspecified atom stereocenters. The lowest BCUT2D eigenvalue weighted by atomic mass is 10.1. The molecular weight excluding hydrogens is 293 g/mol. The third-order valence-electron chi connectivity index (χ3n) is 4.57. The van der Waals surface area contributed by atoms with Gasteiger partial charge in [0.2, 0.25) is 0 Å². The molecular formula is C18H24FN3O. The zero-order valence-corrected chi connectivity index (χ0v) is 13.8. The first-order chi connectivity index (χ1) is 11.1. The van der Waals surface area contributed by atoms with Crippen LogP contribution in [0.25, 0.3) is 0 Å². The smallest absolute Gasteiger partial charge is 0.127 e. The van der Waals surface area contributed by atoms with Crippen LogP contribution in [0.4, 0.5) is 4.39 Å². The number of aryl methyl sites for hydroxylation is 1. The van der Waals surface area contributed by atoms with Crippen molar-refractivity contribution >= 4 is 0 Å². The van der Waals surface area contributed by atoms with Crippen molar-refractivity contribution in [3.63, 3.8) is 0 Å². The number of hydrogen-bond donors (Lipinski definition) is 0. The lowest BCUT2D eigenvalue weighted by Crippen LogP contribution is -2.32. The molecule has 5 heteroatoms. The summed E-state index contributed by atoms with van der Waals surface area (Å²) in [5.74, 6) is -0.146. The van der Waals surface area contributed by atoms with Gasteiger partial charge in [-0.2, -0.15) is 5.10 Å². The molecule has 0 radical (unpaired) electrons. The first kappa shape index (κ1) is 16.1. The van der Waals surface area contributed by atoms with Crippen molar-refractivity contribution in [3.05, 3.63) is 53.1 Å². The number of hydrogen-bond acceptors (Lipinski definition) is 3. The fourth-order valence-corrected chi connectivity index (χ4v) is 3.07. The summed E-state index contributed by atoms with van der Waals surface area (Å²) in [7, 11) is 1.94. The fourth-order valence-electron chi connectivity index (χ4n) is 3.07. The Labute approximate surface area is 136 Å². The number of nitrogens with zero attached hydrogens (tertiary/aromatic N) is 3. The van der Waals surface area contributed by atoms with E-state index in [0.717, 1.165) is 43.8 Å². The van der Waals surface area contributed by atoms with Crippen molar-refractivity contribution < 1.29 is 9.13 Å².